The second-order valence-corrected chi connectivity index (χ2v) is 9.13. The van der Waals surface area contributed by atoms with Gasteiger partial charge in [0, 0.05) is 93.9 Å². The van der Waals surface area contributed by atoms with E-state index < -0.39 is 0 Å². The predicted molar refractivity (Wildman–Crippen MR) is 136 cm³/mol. The molecule has 0 bridgehead atoms. The first-order valence-corrected chi connectivity index (χ1v) is 13.0. The van der Waals surface area contributed by atoms with Crippen molar-refractivity contribution in [2.45, 2.75) is 58.5 Å². The van der Waals surface area contributed by atoms with E-state index in [-0.39, 0.29) is 12.3 Å². The van der Waals surface area contributed by atoms with Gasteiger partial charge in [-0.25, -0.2) is 0 Å². The highest BCUT2D eigenvalue weighted by Crippen LogP contribution is 2.10. The Morgan fingerprint density at radius 2 is 1.15 bits per heavy atom. The highest BCUT2D eigenvalue weighted by molar-refractivity contribution is 4.76. The van der Waals surface area contributed by atoms with Gasteiger partial charge in [0.2, 0.25) is 0 Å². The third-order valence-corrected chi connectivity index (χ3v) is 6.96. The maximum absolute atomic E-state index is 5.83. The lowest BCUT2D eigenvalue weighted by atomic mass is 10.2. The van der Waals surface area contributed by atoms with Gasteiger partial charge in [0.25, 0.3) is 0 Å². The van der Waals surface area contributed by atoms with Crippen LogP contribution in [0.2, 0.25) is 0 Å². The van der Waals surface area contributed by atoms with E-state index in [0.717, 1.165) is 91.3 Å². The molecule has 0 aromatic heterocycles. The maximum atomic E-state index is 5.83. The molecule has 0 N–H and O–H groups in total. The van der Waals surface area contributed by atoms with Crippen molar-refractivity contribution in [1.82, 2.24) is 19.6 Å². The largest absolute Gasteiger partial charge is 0.381 e. The number of hydrogen-bond donors (Lipinski definition) is 0. The van der Waals surface area contributed by atoms with Crippen molar-refractivity contribution in [2.75, 3.05) is 107 Å². The van der Waals surface area contributed by atoms with Crippen molar-refractivity contribution in [1.29, 1.82) is 0 Å². The molecule has 0 aromatic carbocycles. The molecule has 1 aliphatic rings. The number of rotatable bonds is 14. The molecule has 198 valence electrons. The second kappa shape index (κ2) is 18.9. The average molecular weight is 475 g/mol. The minimum Gasteiger partial charge on any atom is -0.381 e. The molecular formula is C25H54N4O4. The van der Waals surface area contributed by atoms with Crippen molar-refractivity contribution in [2.24, 2.45) is 0 Å². The fraction of sp³-hybridized carbons (Fsp3) is 1.00. The van der Waals surface area contributed by atoms with Gasteiger partial charge >= 0.3 is 0 Å². The molecule has 1 fully saturated rings. The Kier molecular flexibility index (Phi) is 17.6. The van der Waals surface area contributed by atoms with E-state index in [1.54, 1.807) is 14.2 Å². The molecular weight excluding hydrogens is 420 g/mol. The van der Waals surface area contributed by atoms with Gasteiger partial charge in [0.15, 0.2) is 0 Å². The third-order valence-electron chi connectivity index (χ3n) is 6.96. The SMILES string of the molecule is CCCC(CN1CCN(CC)CCN(CC(CC)OC)CCN(C(COC)OC)CC1)OC. The zero-order chi connectivity index (χ0) is 24.5. The van der Waals surface area contributed by atoms with Gasteiger partial charge in [-0.2, -0.15) is 0 Å². The van der Waals surface area contributed by atoms with Crippen LogP contribution in [0.1, 0.15) is 40.0 Å². The predicted octanol–water partition coefficient (Wildman–Crippen LogP) is 2.09. The van der Waals surface area contributed by atoms with Crippen LogP contribution in [-0.2, 0) is 18.9 Å². The van der Waals surface area contributed by atoms with Gasteiger partial charge in [0.1, 0.15) is 6.23 Å². The summed E-state index contributed by atoms with van der Waals surface area (Å²) >= 11 is 0. The minimum atomic E-state index is -0.0351. The molecule has 0 spiro atoms. The normalized spacial score (nSPS) is 21.9. The molecule has 8 nitrogen and oxygen atoms in total. The van der Waals surface area contributed by atoms with Crippen LogP contribution in [0.25, 0.3) is 0 Å². The van der Waals surface area contributed by atoms with E-state index in [0.29, 0.717) is 12.7 Å². The Hall–Kier alpha value is -0.320. The fourth-order valence-electron chi connectivity index (χ4n) is 4.54. The first-order chi connectivity index (χ1) is 16.0. The van der Waals surface area contributed by atoms with Crippen LogP contribution in [-0.4, -0.2) is 145 Å². The lowest BCUT2D eigenvalue weighted by Gasteiger charge is -2.37. The number of hydrogen-bond acceptors (Lipinski definition) is 8. The van der Waals surface area contributed by atoms with Crippen molar-refractivity contribution in [3.63, 3.8) is 0 Å². The summed E-state index contributed by atoms with van der Waals surface area (Å²) in [5.74, 6) is 0. The lowest BCUT2D eigenvalue weighted by Crippen LogP contribution is -2.51. The molecule has 1 heterocycles. The molecule has 3 atom stereocenters. The molecule has 1 saturated heterocycles. The van der Waals surface area contributed by atoms with Gasteiger partial charge in [-0.15, -0.1) is 0 Å². The summed E-state index contributed by atoms with van der Waals surface area (Å²) in [6.07, 6.45) is 3.82. The molecule has 0 saturated carbocycles. The van der Waals surface area contributed by atoms with Gasteiger partial charge in [0.05, 0.1) is 18.8 Å². The molecule has 33 heavy (non-hydrogen) atoms. The topological polar surface area (TPSA) is 49.9 Å². The van der Waals surface area contributed by atoms with Gasteiger partial charge in [-0.05, 0) is 19.4 Å². The Morgan fingerprint density at radius 1 is 0.636 bits per heavy atom. The number of ether oxygens (including phenoxy) is 4. The molecule has 0 radical (unpaired) electrons. The summed E-state index contributed by atoms with van der Waals surface area (Å²) in [4.78, 5) is 10.2. The fourth-order valence-corrected chi connectivity index (χ4v) is 4.54. The molecule has 1 aliphatic heterocycles. The highest BCUT2D eigenvalue weighted by Gasteiger charge is 2.23. The zero-order valence-electron chi connectivity index (χ0n) is 22.8. The molecule has 3 unspecified atom stereocenters. The van der Waals surface area contributed by atoms with Gasteiger partial charge in [-0.3, -0.25) is 14.7 Å². The number of methoxy groups -OCH3 is 4. The summed E-state index contributed by atoms with van der Waals surface area (Å²) in [5, 5.41) is 0. The van der Waals surface area contributed by atoms with Crippen LogP contribution in [0.5, 0.6) is 0 Å². The molecule has 1 rings (SSSR count). The van der Waals surface area contributed by atoms with Crippen LogP contribution in [0, 0.1) is 0 Å². The van der Waals surface area contributed by atoms with Crippen LogP contribution >= 0.6 is 0 Å². The Morgan fingerprint density at radius 3 is 1.58 bits per heavy atom. The minimum absolute atomic E-state index is 0.0351. The van der Waals surface area contributed by atoms with Gasteiger partial charge < -0.3 is 23.8 Å². The second-order valence-electron chi connectivity index (χ2n) is 9.13. The summed E-state index contributed by atoms with van der Waals surface area (Å²) < 4.78 is 22.8. The number of nitrogens with zero attached hydrogens (tertiary/aromatic N) is 4. The molecule has 0 amide bonds. The highest BCUT2D eigenvalue weighted by atomic mass is 16.5. The van der Waals surface area contributed by atoms with E-state index in [1.165, 1.54) is 0 Å². The van der Waals surface area contributed by atoms with Crippen LogP contribution in [0.15, 0.2) is 0 Å². The average Bonchev–Trinajstić information content (AvgIpc) is 2.83. The molecule has 0 aliphatic carbocycles. The molecule has 8 heteroatoms. The monoisotopic (exact) mass is 474 g/mol. The van der Waals surface area contributed by atoms with Crippen molar-refractivity contribution in [3.05, 3.63) is 0 Å². The summed E-state index contributed by atoms with van der Waals surface area (Å²) in [7, 11) is 7.21. The van der Waals surface area contributed by atoms with E-state index in [4.69, 9.17) is 18.9 Å². The Bertz CT molecular complexity index is 456. The van der Waals surface area contributed by atoms with Crippen LogP contribution in [0.3, 0.4) is 0 Å². The Labute approximate surface area is 204 Å². The van der Waals surface area contributed by atoms with Crippen molar-refractivity contribution >= 4 is 0 Å². The first-order valence-electron chi connectivity index (χ1n) is 13.0. The summed E-state index contributed by atoms with van der Waals surface area (Å²) in [6, 6.07) is 0. The summed E-state index contributed by atoms with van der Waals surface area (Å²) in [6.45, 7) is 18.5. The standard InChI is InChI=1S/C25H54N4O4/c1-8-11-24(32-6)21-28-15-13-26(10-3)12-14-27(20-23(9-2)31-5)16-18-29(19-17-28)25(33-7)22-30-4/h23-25H,8-22H2,1-7H3. The van der Waals surface area contributed by atoms with Crippen LogP contribution in [0.4, 0.5) is 0 Å². The lowest BCUT2D eigenvalue weighted by molar-refractivity contribution is -0.0806. The van der Waals surface area contributed by atoms with Gasteiger partial charge in [-0.1, -0.05) is 27.2 Å². The number of likely N-dealkylation sites (N-methyl/N-ethyl adjacent to an activating group) is 1. The van der Waals surface area contributed by atoms with E-state index in [9.17, 15) is 0 Å². The van der Waals surface area contributed by atoms with Crippen LogP contribution < -0.4 is 0 Å². The maximum Gasteiger partial charge on any atom is 0.133 e. The Balaban J connectivity index is 2.99. The van der Waals surface area contributed by atoms with E-state index in [2.05, 4.69) is 40.4 Å². The third kappa shape index (κ3) is 12.3. The summed E-state index contributed by atoms with van der Waals surface area (Å²) in [5.41, 5.74) is 0. The van der Waals surface area contributed by atoms with Crippen molar-refractivity contribution in [3.8, 4) is 0 Å². The first kappa shape index (κ1) is 30.7. The smallest absolute Gasteiger partial charge is 0.133 e. The van der Waals surface area contributed by atoms with Crippen molar-refractivity contribution < 1.29 is 18.9 Å². The van der Waals surface area contributed by atoms with E-state index in [1.807, 2.05) is 14.2 Å². The zero-order valence-corrected chi connectivity index (χ0v) is 22.8. The van der Waals surface area contributed by atoms with E-state index >= 15 is 0 Å². The molecule has 0 aromatic rings. The quantitative estimate of drug-likeness (QED) is 0.379.